The standard InChI is InChI=1S/C34H39ClN2O7/c1-33(2)15-24-30(26(38)17-33)29(31-25(36(24)10-11-42-5)16-34(3,4)18-27(31)39)21-13-23(35)32(28(14-21)43-6)44-19-20-8-7-9-22(12-20)37(40)41/h7-9,12-14,29H,10-11,15-19H2,1-6H3. The number of non-ortho nitro benzene ring substituents is 1. The Labute approximate surface area is 263 Å². The van der Waals surface area contributed by atoms with Gasteiger partial charge in [0.15, 0.2) is 23.1 Å². The number of allylic oxidation sites excluding steroid dienone is 4. The highest BCUT2D eigenvalue weighted by Gasteiger charge is 2.49. The van der Waals surface area contributed by atoms with Crippen LogP contribution in [0.15, 0.2) is 58.9 Å². The SMILES string of the molecule is COCCN1C2=C(C(=O)CC(C)(C)C2)C(c2cc(Cl)c(OCc3cccc([N+](=O)[O-])c3)c(OC)c2)C2=C1CC(C)(C)CC2=O. The van der Waals surface area contributed by atoms with Crippen LogP contribution < -0.4 is 9.47 Å². The van der Waals surface area contributed by atoms with Gasteiger partial charge in [-0.3, -0.25) is 19.7 Å². The maximum atomic E-state index is 14.0. The number of hydrogen-bond acceptors (Lipinski definition) is 8. The predicted octanol–water partition coefficient (Wildman–Crippen LogP) is 7.17. The number of benzene rings is 2. The number of ketones is 2. The number of nitro groups is 1. The van der Waals surface area contributed by atoms with Gasteiger partial charge >= 0.3 is 0 Å². The summed E-state index contributed by atoms with van der Waals surface area (Å²) in [5.74, 6) is 0.0693. The molecule has 10 heteroatoms. The van der Waals surface area contributed by atoms with Crippen LogP contribution in [0.1, 0.15) is 70.4 Å². The molecule has 2 aromatic carbocycles. The molecule has 0 saturated heterocycles. The molecule has 9 nitrogen and oxygen atoms in total. The molecule has 0 spiro atoms. The van der Waals surface area contributed by atoms with Gasteiger partial charge in [-0.2, -0.15) is 0 Å². The number of methoxy groups -OCH3 is 2. The Balaban J connectivity index is 1.63. The van der Waals surface area contributed by atoms with Crippen molar-refractivity contribution in [1.29, 1.82) is 0 Å². The Kier molecular flexibility index (Phi) is 8.66. The Bertz CT molecular complexity index is 1540. The van der Waals surface area contributed by atoms with Crippen molar-refractivity contribution in [1.82, 2.24) is 4.90 Å². The van der Waals surface area contributed by atoms with E-state index in [4.69, 9.17) is 25.8 Å². The summed E-state index contributed by atoms with van der Waals surface area (Å²) in [6.45, 7) is 9.44. The molecule has 5 rings (SSSR count). The first-order valence-corrected chi connectivity index (χ1v) is 15.2. The van der Waals surface area contributed by atoms with E-state index in [1.165, 1.54) is 19.2 Å². The summed E-state index contributed by atoms with van der Waals surface area (Å²) in [5.41, 5.74) is 3.92. The number of rotatable bonds is 9. The minimum absolute atomic E-state index is 0.0222. The van der Waals surface area contributed by atoms with Gasteiger partial charge in [0.05, 0.1) is 23.7 Å². The zero-order valence-corrected chi connectivity index (χ0v) is 26.9. The summed E-state index contributed by atoms with van der Waals surface area (Å²) in [6.07, 6.45) is 2.12. The average molecular weight is 623 g/mol. The lowest BCUT2D eigenvalue weighted by molar-refractivity contribution is -0.384. The van der Waals surface area contributed by atoms with E-state index >= 15 is 0 Å². The quantitative estimate of drug-likeness (QED) is 0.214. The molecule has 1 heterocycles. The molecular weight excluding hydrogens is 584 g/mol. The van der Waals surface area contributed by atoms with Gasteiger partial charge in [-0.15, -0.1) is 0 Å². The van der Waals surface area contributed by atoms with Crippen LogP contribution in [-0.4, -0.2) is 48.8 Å². The summed E-state index contributed by atoms with van der Waals surface area (Å²) >= 11 is 6.85. The number of carbonyl (C=O) groups is 2. The normalized spacial score (nSPS) is 19.6. The lowest BCUT2D eigenvalue weighted by atomic mass is 9.63. The summed E-state index contributed by atoms with van der Waals surface area (Å²) in [5, 5.41) is 11.5. The number of hydrogen-bond donors (Lipinski definition) is 0. The first-order chi connectivity index (χ1) is 20.7. The average Bonchev–Trinajstić information content (AvgIpc) is 2.93. The number of Topliss-reactive ketones (excluding diaryl/α,β-unsaturated/α-hetero) is 2. The number of halogens is 1. The topological polar surface area (TPSA) is 108 Å². The maximum Gasteiger partial charge on any atom is 0.269 e. The van der Waals surface area contributed by atoms with Crippen molar-refractivity contribution in [2.45, 2.75) is 65.9 Å². The molecule has 44 heavy (non-hydrogen) atoms. The van der Waals surface area contributed by atoms with Gasteiger partial charge in [-0.25, -0.2) is 0 Å². The molecular formula is C34H39ClN2O7. The fourth-order valence-corrected chi connectivity index (χ4v) is 7.07. The van der Waals surface area contributed by atoms with Crippen molar-refractivity contribution in [3.8, 4) is 11.5 Å². The highest BCUT2D eigenvalue weighted by molar-refractivity contribution is 6.32. The minimum atomic E-state index is -0.594. The van der Waals surface area contributed by atoms with Crippen molar-refractivity contribution < 1.29 is 28.7 Å². The number of nitrogens with zero attached hydrogens (tertiary/aromatic N) is 2. The number of nitro benzene ring substituents is 1. The molecule has 234 valence electrons. The van der Waals surface area contributed by atoms with Gasteiger partial charge in [0.25, 0.3) is 5.69 Å². The van der Waals surface area contributed by atoms with E-state index in [1.54, 1.807) is 31.4 Å². The van der Waals surface area contributed by atoms with Gasteiger partial charge in [0.2, 0.25) is 0 Å². The van der Waals surface area contributed by atoms with E-state index in [0.717, 1.165) is 11.4 Å². The van der Waals surface area contributed by atoms with E-state index in [2.05, 4.69) is 32.6 Å². The first-order valence-electron chi connectivity index (χ1n) is 14.8. The summed E-state index contributed by atoms with van der Waals surface area (Å²) in [4.78, 5) is 41.0. The highest BCUT2D eigenvalue weighted by atomic mass is 35.5. The van der Waals surface area contributed by atoms with Crippen molar-refractivity contribution in [3.63, 3.8) is 0 Å². The monoisotopic (exact) mass is 622 g/mol. The molecule has 0 atom stereocenters. The minimum Gasteiger partial charge on any atom is -0.493 e. The van der Waals surface area contributed by atoms with Crippen LogP contribution in [0.4, 0.5) is 5.69 Å². The van der Waals surface area contributed by atoms with E-state index in [9.17, 15) is 19.7 Å². The summed E-state index contributed by atoms with van der Waals surface area (Å²) in [6, 6.07) is 9.73. The predicted molar refractivity (Wildman–Crippen MR) is 167 cm³/mol. The van der Waals surface area contributed by atoms with E-state index in [-0.39, 0.29) is 45.5 Å². The second-order valence-corrected chi connectivity index (χ2v) is 13.8. The molecule has 0 fully saturated rings. The van der Waals surface area contributed by atoms with Crippen molar-refractivity contribution in [2.75, 3.05) is 27.4 Å². The molecule has 0 N–H and O–H groups in total. The van der Waals surface area contributed by atoms with Crippen LogP contribution in [0, 0.1) is 20.9 Å². The third kappa shape index (κ3) is 6.13. The van der Waals surface area contributed by atoms with E-state index in [1.807, 2.05) is 0 Å². The molecule has 2 aliphatic carbocycles. The fourth-order valence-electron chi connectivity index (χ4n) is 6.80. The number of carbonyl (C=O) groups excluding carboxylic acids is 2. The summed E-state index contributed by atoms with van der Waals surface area (Å²) in [7, 11) is 3.15. The molecule has 3 aliphatic rings. The molecule has 1 aliphatic heterocycles. The van der Waals surface area contributed by atoms with Crippen LogP contribution in [0.5, 0.6) is 11.5 Å². The van der Waals surface area contributed by atoms with Gasteiger partial charge in [-0.05, 0) is 46.9 Å². The third-order valence-corrected chi connectivity index (χ3v) is 8.91. The molecule has 0 amide bonds. The van der Waals surface area contributed by atoms with E-state index in [0.29, 0.717) is 66.9 Å². The Morgan fingerprint density at radius 1 is 0.955 bits per heavy atom. The first kappa shape index (κ1) is 31.7. The zero-order chi connectivity index (χ0) is 32.0. The van der Waals surface area contributed by atoms with Gasteiger partial charge in [-0.1, -0.05) is 51.4 Å². The second kappa shape index (κ2) is 12.0. The van der Waals surface area contributed by atoms with Gasteiger partial charge in [0, 0.05) is 67.1 Å². The van der Waals surface area contributed by atoms with Gasteiger partial charge in [0.1, 0.15) is 6.61 Å². The van der Waals surface area contributed by atoms with Crippen LogP contribution in [0.2, 0.25) is 5.02 Å². The lowest BCUT2D eigenvalue weighted by Crippen LogP contribution is -2.45. The molecule has 0 radical (unpaired) electrons. The Morgan fingerprint density at radius 3 is 2.11 bits per heavy atom. The molecule has 2 aromatic rings. The lowest BCUT2D eigenvalue weighted by Gasteiger charge is -2.49. The van der Waals surface area contributed by atoms with Crippen molar-refractivity contribution in [3.05, 3.63) is 85.2 Å². The van der Waals surface area contributed by atoms with Crippen LogP contribution in [0.25, 0.3) is 0 Å². The maximum absolute atomic E-state index is 14.0. The second-order valence-electron chi connectivity index (χ2n) is 13.4. The summed E-state index contributed by atoms with van der Waals surface area (Å²) < 4.78 is 17.2. The van der Waals surface area contributed by atoms with E-state index < -0.39 is 10.8 Å². The molecule has 0 unspecified atom stereocenters. The Morgan fingerprint density at radius 2 is 1.57 bits per heavy atom. The van der Waals surface area contributed by atoms with Gasteiger partial charge < -0.3 is 19.1 Å². The van der Waals surface area contributed by atoms with Crippen LogP contribution in [0.3, 0.4) is 0 Å². The van der Waals surface area contributed by atoms with Crippen LogP contribution in [-0.2, 0) is 20.9 Å². The zero-order valence-electron chi connectivity index (χ0n) is 26.1. The van der Waals surface area contributed by atoms with Crippen molar-refractivity contribution in [2.24, 2.45) is 10.8 Å². The highest BCUT2D eigenvalue weighted by Crippen LogP contribution is 2.55. The molecule has 0 aromatic heterocycles. The van der Waals surface area contributed by atoms with Crippen LogP contribution >= 0.6 is 11.6 Å². The fraction of sp³-hybridized carbons (Fsp3) is 0.471. The smallest absolute Gasteiger partial charge is 0.269 e. The molecule has 0 saturated carbocycles. The van der Waals surface area contributed by atoms with Crippen molar-refractivity contribution >= 4 is 28.9 Å². The third-order valence-electron chi connectivity index (χ3n) is 8.63. The number of ether oxygens (including phenoxy) is 3. The Hall–Kier alpha value is -3.69. The largest absolute Gasteiger partial charge is 0.493 e. The molecule has 0 bridgehead atoms.